The Hall–Kier alpha value is -2.93. The average molecular weight is 410 g/mol. The first-order valence-corrected chi connectivity index (χ1v) is 10.7. The van der Waals surface area contributed by atoms with Crippen LogP contribution in [0.5, 0.6) is 11.5 Å². The predicted octanol–water partition coefficient (Wildman–Crippen LogP) is 4.71. The molecule has 0 unspecified atom stereocenters. The Balaban J connectivity index is 1.59. The molecule has 1 aromatic heterocycles. The van der Waals surface area contributed by atoms with Gasteiger partial charge in [-0.25, -0.2) is 4.98 Å². The van der Waals surface area contributed by atoms with E-state index in [0.717, 1.165) is 34.4 Å². The molecule has 2 aromatic carbocycles. The number of benzene rings is 2. The van der Waals surface area contributed by atoms with Gasteiger partial charge in [-0.1, -0.05) is 30.0 Å². The van der Waals surface area contributed by atoms with Crippen molar-refractivity contribution in [1.82, 2.24) is 9.55 Å². The molecule has 0 saturated carbocycles. The van der Waals surface area contributed by atoms with E-state index in [9.17, 15) is 4.79 Å². The third-order valence-corrected chi connectivity index (χ3v) is 5.53. The average Bonchev–Trinajstić information content (AvgIpc) is 3.32. The number of nitrogens with one attached hydrogen (secondary N) is 1. The van der Waals surface area contributed by atoms with Gasteiger partial charge in [-0.3, -0.25) is 4.79 Å². The molecule has 4 rings (SSSR count). The standard InChI is InChI=1S/C22H23N3O3S/c1-3-27-19-10-9-15(13-20(19)28-4-2)21(26)23-17-8-6-5-7-16(17)18-14-25-11-12-29-22(25)24-18/h5-10,13-14H,3-4,11-12H2,1-2H3,(H,23,26). The van der Waals surface area contributed by atoms with E-state index in [0.29, 0.717) is 30.3 Å². The summed E-state index contributed by atoms with van der Waals surface area (Å²) < 4.78 is 13.4. The summed E-state index contributed by atoms with van der Waals surface area (Å²) in [5, 5.41) is 4.04. The number of aryl methyl sites for hydroxylation is 1. The lowest BCUT2D eigenvalue weighted by Crippen LogP contribution is -2.13. The number of para-hydroxylation sites is 1. The Kier molecular flexibility index (Phi) is 5.76. The van der Waals surface area contributed by atoms with Crippen LogP contribution in [0.2, 0.25) is 0 Å². The van der Waals surface area contributed by atoms with Crippen molar-refractivity contribution in [3.63, 3.8) is 0 Å². The van der Waals surface area contributed by atoms with Crippen molar-refractivity contribution in [3.05, 3.63) is 54.2 Å². The van der Waals surface area contributed by atoms with Gasteiger partial charge >= 0.3 is 0 Å². The van der Waals surface area contributed by atoms with Gasteiger partial charge < -0.3 is 19.4 Å². The van der Waals surface area contributed by atoms with Crippen LogP contribution in [0.25, 0.3) is 11.3 Å². The molecular formula is C22H23N3O3S. The molecule has 29 heavy (non-hydrogen) atoms. The van der Waals surface area contributed by atoms with Gasteiger partial charge in [0.05, 0.1) is 24.6 Å². The van der Waals surface area contributed by atoms with Gasteiger partial charge in [0, 0.05) is 29.6 Å². The summed E-state index contributed by atoms with van der Waals surface area (Å²) in [5.74, 6) is 2.05. The van der Waals surface area contributed by atoms with Crippen LogP contribution in [0.3, 0.4) is 0 Å². The van der Waals surface area contributed by atoms with Crippen LogP contribution >= 0.6 is 11.8 Å². The highest BCUT2D eigenvalue weighted by Gasteiger charge is 2.18. The van der Waals surface area contributed by atoms with E-state index in [2.05, 4.69) is 9.88 Å². The zero-order chi connectivity index (χ0) is 20.2. The number of fused-ring (bicyclic) bond motifs is 1. The zero-order valence-electron chi connectivity index (χ0n) is 16.5. The molecule has 0 saturated heterocycles. The molecule has 1 aliphatic rings. The molecule has 7 heteroatoms. The first-order chi connectivity index (χ1) is 14.2. The highest BCUT2D eigenvalue weighted by Crippen LogP contribution is 2.33. The number of imidazole rings is 1. The van der Waals surface area contributed by atoms with Crippen molar-refractivity contribution in [2.24, 2.45) is 0 Å². The Labute approximate surface area is 174 Å². The fourth-order valence-corrected chi connectivity index (χ4v) is 4.18. The molecule has 6 nitrogen and oxygen atoms in total. The summed E-state index contributed by atoms with van der Waals surface area (Å²) in [6, 6.07) is 13.0. The molecule has 0 bridgehead atoms. The van der Waals surface area contributed by atoms with Crippen LogP contribution in [-0.2, 0) is 6.54 Å². The van der Waals surface area contributed by atoms with Crippen molar-refractivity contribution >= 4 is 23.4 Å². The Morgan fingerprint density at radius 2 is 1.93 bits per heavy atom. The molecule has 1 N–H and O–H groups in total. The van der Waals surface area contributed by atoms with Crippen LogP contribution in [0.1, 0.15) is 24.2 Å². The second-order valence-corrected chi connectivity index (χ2v) is 7.54. The normalized spacial score (nSPS) is 12.5. The molecule has 150 valence electrons. The van der Waals surface area contributed by atoms with E-state index in [1.165, 1.54) is 0 Å². The van der Waals surface area contributed by atoms with E-state index in [4.69, 9.17) is 14.5 Å². The van der Waals surface area contributed by atoms with Crippen molar-refractivity contribution < 1.29 is 14.3 Å². The number of carbonyl (C=O) groups excluding carboxylic acids is 1. The van der Waals surface area contributed by atoms with Crippen LogP contribution < -0.4 is 14.8 Å². The zero-order valence-corrected chi connectivity index (χ0v) is 17.3. The molecule has 3 aromatic rings. The van der Waals surface area contributed by atoms with E-state index >= 15 is 0 Å². The topological polar surface area (TPSA) is 65.4 Å². The fourth-order valence-electron chi connectivity index (χ4n) is 3.24. The van der Waals surface area contributed by atoms with E-state index < -0.39 is 0 Å². The van der Waals surface area contributed by atoms with Gasteiger partial charge in [0.25, 0.3) is 5.91 Å². The SMILES string of the molecule is CCOc1ccc(C(=O)Nc2ccccc2-c2cn3c(n2)SCC3)cc1OCC. The van der Waals surface area contributed by atoms with Crippen LogP contribution in [0, 0.1) is 0 Å². The summed E-state index contributed by atoms with van der Waals surface area (Å²) in [7, 11) is 0. The molecule has 0 atom stereocenters. The number of anilines is 1. The number of carbonyl (C=O) groups is 1. The lowest BCUT2D eigenvalue weighted by atomic mass is 10.1. The smallest absolute Gasteiger partial charge is 0.255 e. The lowest BCUT2D eigenvalue weighted by molar-refractivity contribution is 0.102. The molecule has 0 radical (unpaired) electrons. The van der Waals surface area contributed by atoms with E-state index in [1.54, 1.807) is 30.0 Å². The number of rotatable bonds is 7. The minimum absolute atomic E-state index is 0.206. The monoisotopic (exact) mass is 409 g/mol. The number of hydrogen-bond donors (Lipinski definition) is 1. The van der Waals surface area contributed by atoms with Crippen LogP contribution in [0.15, 0.2) is 53.8 Å². The maximum Gasteiger partial charge on any atom is 0.255 e. The summed E-state index contributed by atoms with van der Waals surface area (Å²) >= 11 is 1.75. The Morgan fingerprint density at radius 1 is 1.14 bits per heavy atom. The number of hydrogen-bond acceptors (Lipinski definition) is 5. The molecule has 0 aliphatic carbocycles. The quantitative estimate of drug-likeness (QED) is 0.612. The fraction of sp³-hybridized carbons (Fsp3) is 0.273. The second-order valence-electron chi connectivity index (χ2n) is 6.48. The molecule has 1 aliphatic heterocycles. The van der Waals surface area contributed by atoms with Crippen molar-refractivity contribution in [2.45, 2.75) is 25.5 Å². The maximum absolute atomic E-state index is 12.9. The first-order valence-electron chi connectivity index (χ1n) is 9.70. The third-order valence-electron chi connectivity index (χ3n) is 4.56. The molecule has 2 heterocycles. The van der Waals surface area contributed by atoms with Crippen LogP contribution in [-0.4, -0.2) is 34.4 Å². The van der Waals surface area contributed by atoms with E-state index in [1.807, 2.05) is 44.3 Å². The van der Waals surface area contributed by atoms with Gasteiger partial charge in [0.15, 0.2) is 16.7 Å². The third kappa shape index (κ3) is 4.10. The summed E-state index contributed by atoms with van der Waals surface area (Å²) in [6.45, 7) is 5.81. The number of nitrogens with zero attached hydrogens (tertiary/aromatic N) is 2. The number of ether oxygens (including phenoxy) is 2. The van der Waals surface area contributed by atoms with Gasteiger partial charge in [-0.15, -0.1) is 0 Å². The summed E-state index contributed by atoms with van der Waals surface area (Å²) in [4.78, 5) is 17.6. The number of aromatic nitrogens is 2. The van der Waals surface area contributed by atoms with Gasteiger partial charge in [-0.05, 0) is 38.1 Å². The predicted molar refractivity (Wildman–Crippen MR) is 115 cm³/mol. The molecule has 0 fully saturated rings. The van der Waals surface area contributed by atoms with E-state index in [-0.39, 0.29) is 5.91 Å². The van der Waals surface area contributed by atoms with Crippen molar-refractivity contribution in [1.29, 1.82) is 0 Å². The Bertz CT molecular complexity index is 1010. The number of thioether (sulfide) groups is 1. The van der Waals surface area contributed by atoms with Gasteiger partial charge in [-0.2, -0.15) is 0 Å². The maximum atomic E-state index is 12.9. The van der Waals surface area contributed by atoms with Crippen LogP contribution in [0.4, 0.5) is 5.69 Å². The van der Waals surface area contributed by atoms with Gasteiger partial charge in [0.2, 0.25) is 0 Å². The second kappa shape index (κ2) is 8.61. The summed E-state index contributed by atoms with van der Waals surface area (Å²) in [6.07, 6.45) is 2.05. The molecular weight excluding hydrogens is 386 g/mol. The minimum Gasteiger partial charge on any atom is -0.490 e. The van der Waals surface area contributed by atoms with Crippen molar-refractivity contribution in [3.8, 4) is 22.8 Å². The lowest BCUT2D eigenvalue weighted by Gasteiger charge is -2.13. The first kappa shape index (κ1) is 19.4. The summed E-state index contributed by atoms with van der Waals surface area (Å²) in [5.41, 5.74) is 3.00. The van der Waals surface area contributed by atoms with Crippen molar-refractivity contribution in [2.75, 3.05) is 24.3 Å². The molecule has 0 spiro atoms. The Morgan fingerprint density at radius 3 is 2.72 bits per heavy atom. The highest BCUT2D eigenvalue weighted by molar-refractivity contribution is 7.99. The largest absolute Gasteiger partial charge is 0.490 e. The molecule has 1 amide bonds. The van der Waals surface area contributed by atoms with Gasteiger partial charge in [0.1, 0.15) is 0 Å². The number of amides is 1. The minimum atomic E-state index is -0.206. The highest BCUT2D eigenvalue weighted by atomic mass is 32.2.